The van der Waals surface area contributed by atoms with Crippen LogP contribution in [0.3, 0.4) is 0 Å². The first kappa shape index (κ1) is 37.8. The highest BCUT2D eigenvalue weighted by atomic mass is 19.1. The molecule has 49 heavy (non-hydrogen) atoms. The van der Waals surface area contributed by atoms with E-state index in [1.54, 1.807) is 18.3 Å². The number of aryl methyl sites for hydroxylation is 1. The molecule has 2 amide bonds. The lowest BCUT2D eigenvalue weighted by Gasteiger charge is -2.32. The summed E-state index contributed by atoms with van der Waals surface area (Å²) in [6.45, 7) is 16.1. The smallest absolute Gasteiger partial charge is 0.399 e. The predicted molar refractivity (Wildman–Crippen MR) is 195 cm³/mol. The zero-order chi connectivity index (χ0) is 35.8. The maximum atomic E-state index is 13.4. The molecular weight excluding hydrogens is 618 g/mol. The lowest BCUT2D eigenvalue weighted by atomic mass is 9.79. The Balaban J connectivity index is 0.000000299. The summed E-state index contributed by atoms with van der Waals surface area (Å²) in [4.78, 5) is 30.3. The average molecular weight is 671 g/mol. The highest BCUT2D eigenvalue weighted by molar-refractivity contribution is 6.62. The summed E-state index contributed by atoms with van der Waals surface area (Å²) >= 11 is 0. The van der Waals surface area contributed by atoms with Crippen molar-refractivity contribution < 1.29 is 23.3 Å². The summed E-state index contributed by atoms with van der Waals surface area (Å²) in [5, 5.41) is 6.04. The second kappa shape index (κ2) is 16.1. The molecule has 5 rings (SSSR count). The number of aromatic nitrogens is 2. The van der Waals surface area contributed by atoms with E-state index in [2.05, 4.69) is 56.3 Å². The molecule has 1 aliphatic carbocycles. The van der Waals surface area contributed by atoms with Gasteiger partial charge >= 0.3 is 7.12 Å². The van der Waals surface area contributed by atoms with E-state index < -0.39 is 11.6 Å². The van der Waals surface area contributed by atoms with Gasteiger partial charge in [-0.15, -0.1) is 0 Å². The summed E-state index contributed by atoms with van der Waals surface area (Å²) in [5.41, 5.74) is 1.74. The Hall–Kier alpha value is -4.02. The van der Waals surface area contributed by atoms with Gasteiger partial charge < -0.3 is 24.5 Å². The Kier molecular flexibility index (Phi) is 12.4. The number of hydrogen-bond donors (Lipinski definition) is 2. The molecule has 10 heteroatoms. The zero-order valence-corrected chi connectivity index (χ0v) is 30.3. The molecule has 1 unspecified atom stereocenters. The van der Waals surface area contributed by atoms with Gasteiger partial charge in [-0.3, -0.25) is 9.59 Å². The average Bonchev–Trinajstić information content (AvgIpc) is 3.80. The maximum absolute atomic E-state index is 13.4. The monoisotopic (exact) mass is 670 g/mol. The maximum Gasteiger partial charge on any atom is 0.494 e. The molecule has 2 aromatic carbocycles. The van der Waals surface area contributed by atoms with Crippen LogP contribution in [0.25, 0.3) is 6.20 Å². The van der Waals surface area contributed by atoms with Gasteiger partial charge in [0.2, 0.25) is 11.8 Å². The van der Waals surface area contributed by atoms with Crippen LogP contribution in [0.2, 0.25) is 0 Å². The van der Waals surface area contributed by atoms with Crippen molar-refractivity contribution in [2.45, 2.75) is 110 Å². The zero-order valence-electron chi connectivity index (χ0n) is 30.3. The lowest BCUT2D eigenvalue weighted by Crippen LogP contribution is -2.55. The highest BCUT2D eigenvalue weighted by Crippen LogP contribution is 2.36. The van der Waals surface area contributed by atoms with Crippen molar-refractivity contribution in [1.82, 2.24) is 20.2 Å². The van der Waals surface area contributed by atoms with Crippen molar-refractivity contribution in [2.75, 3.05) is 0 Å². The number of amides is 2. The summed E-state index contributed by atoms with van der Waals surface area (Å²) in [6.07, 6.45) is 13.1. The molecule has 1 aromatic heterocycles. The quantitative estimate of drug-likeness (QED) is 0.174. The molecule has 1 saturated carbocycles. The number of allylic oxidation sites excluding steroid dienone is 3. The van der Waals surface area contributed by atoms with Gasteiger partial charge in [0.05, 0.1) is 11.2 Å². The Labute approximate surface area is 291 Å². The summed E-state index contributed by atoms with van der Waals surface area (Å²) in [7, 11) is -0.240. The Morgan fingerprint density at radius 1 is 1.04 bits per heavy atom. The third-order valence-electron chi connectivity index (χ3n) is 9.12. The number of imidazole rings is 1. The van der Waals surface area contributed by atoms with Crippen LogP contribution in [-0.2, 0) is 31.7 Å². The number of hydrogen-bond acceptors (Lipinski definition) is 5. The van der Waals surface area contributed by atoms with Crippen LogP contribution < -0.4 is 16.1 Å². The molecule has 1 atom stereocenters. The van der Waals surface area contributed by atoms with Crippen molar-refractivity contribution in [1.29, 1.82) is 0 Å². The fraction of sp³-hybridized carbons (Fsp3) is 0.462. The van der Waals surface area contributed by atoms with Gasteiger partial charge in [0.15, 0.2) is 0 Å². The lowest BCUT2D eigenvalue weighted by molar-refractivity contribution is -0.130. The first-order chi connectivity index (χ1) is 23.1. The third-order valence-corrected chi connectivity index (χ3v) is 9.12. The van der Waals surface area contributed by atoms with E-state index in [4.69, 9.17) is 9.31 Å². The van der Waals surface area contributed by atoms with Crippen molar-refractivity contribution in [3.63, 3.8) is 0 Å². The standard InChI is InChI=1S/C27H35FN4O2.C12H17BO2/c1-5-6-7-8-15-32-19(2)29-18-23(32)16-24(30-25(33)21-11-12-21)26(34)31-27(3,4)17-20-9-13-22(28)14-10-20;1-11(2)12(3,4)15-13(14-11)10-8-6-5-7-9-10/h6-10,13-15,18,21,24H,5,11-12,16-17H2,1-4H3,(H,30,33)(H,31,34);5-9H,1-4H3/b7-6+,15-8-;. The topological polar surface area (TPSA) is 94.5 Å². The van der Waals surface area contributed by atoms with E-state index in [9.17, 15) is 14.0 Å². The Morgan fingerprint density at radius 2 is 1.67 bits per heavy atom. The molecule has 2 aliphatic rings. The number of nitrogens with one attached hydrogen (secondary N) is 2. The van der Waals surface area contributed by atoms with Gasteiger partial charge in [-0.25, -0.2) is 9.37 Å². The Bertz CT molecular complexity index is 1600. The first-order valence-corrected chi connectivity index (χ1v) is 17.2. The van der Waals surface area contributed by atoms with Crippen LogP contribution in [-0.4, -0.2) is 51.3 Å². The number of halogens is 1. The number of rotatable bonds is 12. The molecule has 0 spiro atoms. The van der Waals surface area contributed by atoms with E-state index in [0.29, 0.717) is 12.8 Å². The number of carbonyl (C=O) groups is 2. The van der Waals surface area contributed by atoms with Crippen molar-refractivity contribution in [3.8, 4) is 0 Å². The molecule has 0 bridgehead atoms. The first-order valence-electron chi connectivity index (χ1n) is 17.2. The molecule has 2 N–H and O–H groups in total. The van der Waals surface area contributed by atoms with Gasteiger partial charge in [-0.1, -0.05) is 61.5 Å². The summed E-state index contributed by atoms with van der Waals surface area (Å²) in [6, 6.07) is 15.6. The van der Waals surface area contributed by atoms with Gasteiger partial charge in [-0.05, 0) is 103 Å². The van der Waals surface area contributed by atoms with Crippen LogP contribution >= 0.6 is 0 Å². The third kappa shape index (κ3) is 10.7. The van der Waals surface area contributed by atoms with Gasteiger partial charge in [0.25, 0.3) is 0 Å². The minimum atomic E-state index is -0.727. The van der Waals surface area contributed by atoms with Crippen LogP contribution in [0, 0.1) is 18.7 Å². The van der Waals surface area contributed by atoms with Crippen molar-refractivity contribution >= 4 is 30.6 Å². The van der Waals surface area contributed by atoms with Gasteiger partial charge in [0.1, 0.15) is 17.7 Å². The van der Waals surface area contributed by atoms with Crippen molar-refractivity contribution in [2.24, 2.45) is 5.92 Å². The van der Waals surface area contributed by atoms with Crippen LogP contribution in [0.5, 0.6) is 0 Å². The fourth-order valence-corrected chi connectivity index (χ4v) is 5.43. The number of carbonyl (C=O) groups excluding carboxylic acids is 2. The van der Waals surface area contributed by atoms with E-state index in [0.717, 1.165) is 41.8 Å². The highest BCUT2D eigenvalue weighted by Gasteiger charge is 2.51. The van der Waals surface area contributed by atoms with Crippen LogP contribution in [0.15, 0.2) is 79.0 Å². The number of nitrogens with zero attached hydrogens (tertiary/aromatic N) is 2. The second-order valence-corrected chi connectivity index (χ2v) is 14.6. The van der Waals surface area contributed by atoms with Crippen LogP contribution in [0.4, 0.5) is 4.39 Å². The molecular formula is C39H52BFN4O4. The van der Waals surface area contributed by atoms with E-state index in [1.165, 1.54) is 12.1 Å². The molecule has 2 fully saturated rings. The minimum Gasteiger partial charge on any atom is -0.399 e. The van der Waals surface area contributed by atoms with E-state index in [-0.39, 0.29) is 41.9 Å². The molecule has 1 saturated heterocycles. The largest absolute Gasteiger partial charge is 0.494 e. The van der Waals surface area contributed by atoms with Crippen LogP contribution in [0.1, 0.15) is 84.8 Å². The number of benzene rings is 2. The van der Waals surface area contributed by atoms with Gasteiger partial charge in [0, 0.05) is 36.0 Å². The molecule has 3 aromatic rings. The predicted octanol–water partition coefficient (Wildman–Crippen LogP) is 6.33. The summed E-state index contributed by atoms with van der Waals surface area (Å²) < 4.78 is 27.1. The molecule has 8 nitrogen and oxygen atoms in total. The molecule has 1 aliphatic heterocycles. The van der Waals surface area contributed by atoms with E-state index in [1.807, 2.05) is 74.0 Å². The molecule has 262 valence electrons. The SMILES string of the molecule is CC/C=C/C=C\n1c(CC(NC(=O)C2CC2)C(=O)NC(C)(C)Cc2ccc(F)cc2)cnc1C.CC1(C)OB(c2ccccc2)OC1(C)C. The minimum absolute atomic E-state index is 0.00625. The fourth-order valence-electron chi connectivity index (χ4n) is 5.43. The molecule has 0 radical (unpaired) electrons. The van der Waals surface area contributed by atoms with Crippen molar-refractivity contribution in [3.05, 3.63) is 102 Å². The van der Waals surface area contributed by atoms with Gasteiger partial charge in [-0.2, -0.15) is 0 Å². The van der Waals surface area contributed by atoms with E-state index >= 15 is 0 Å². The second-order valence-electron chi connectivity index (χ2n) is 14.6. The summed E-state index contributed by atoms with van der Waals surface area (Å²) in [5.74, 6) is 0.176. The Morgan fingerprint density at radius 3 is 2.27 bits per heavy atom. The normalized spacial score (nSPS) is 17.5. The molecule has 2 heterocycles.